The Morgan fingerprint density at radius 2 is 1.65 bits per heavy atom. The molecule has 0 heterocycles. The molecule has 4 nitrogen and oxygen atoms in total. The van der Waals surface area contributed by atoms with Crippen molar-refractivity contribution in [2.75, 3.05) is 14.1 Å². The molecule has 0 aliphatic carbocycles. The summed E-state index contributed by atoms with van der Waals surface area (Å²) in [4.78, 5) is 26.9. The molecule has 0 aliphatic rings. The Hall–Kier alpha value is -2.27. The van der Waals surface area contributed by atoms with E-state index >= 15 is 0 Å². The number of hydrogen-bond donors (Lipinski definition) is 0. The highest BCUT2D eigenvalue weighted by Crippen LogP contribution is 2.38. The number of aryl methyl sites for hydroxylation is 1. The van der Waals surface area contributed by atoms with E-state index in [0.29, 0.717) is 16.2 Å². The zero-order valence-corrected chi connectivity index (χ0v) is 16.9. The molecule has 0 aliphatic heterocycles. The number of hydrogen-bond acceptors (Lipinski definition) is 4. The minimum atomic E-state index is -0.434. The van der Waals surface area contributed by atoms with Gasteiger partial charge in [-0.1, -0.05) is 45.0 Å². The van der Waals surface area contributed by atoms with Crippen LogP contribution >= 0.6 is 11.8 Å². The number of rotatable bonds is 3. The molecule has 0 spiro atoms. The van der Waals surface area contributed by atoms with E-state index in [-0.39, 0.29) is 10.7 Å². The molecular weight excluding hydrogens is 346 g/mol. The molecule has 0 fully saturated rings. The third-order valence-electron chi connectivity index (χ3n) is 3.87. The van der Waals surface area contributed by atoms with Crippen LogP contribution in [0.3, 0.4) is 0 Å². The van der Waals surface area contributed by atoms with Gasteiger partial charge in [-0.3, -0.25) is 4.79 Å². The van der Waals surface area contributed by atoms with E-state index in [2.05, 4.69) is 20.8 Å². The van der Waals surface area contributed by atoms with Crippen molar-refractivity contribution in [2.45, 2.75) is 38.0 Å². The number of ether oxygens (including phenoxy) is 1. The molecule has 26 heavy (non-hydrogen) atoms. The van der Waals surface area contributed by atoms with E-state index in [9.17, 15) is 9.59 Å². The molecule has 0 aromatic heterocycles. The van der Waals surface area contributed by atoms with Crippen LogP contribution in [0, 0.1) is 6.92 Å². The van der Waals surface area contributed by atoms with Gasteiger partial charge >= 0.3 is 5.97 Å². The van der Waals surface area contributed by atoms with Gasteiger partial charge in [-0.25, -0.2) is 4.79 Å². The maximum absolute atomic E-state index is 12.5. The topological polar surface area (TPSA) is 46.6 Å². The second kappa shape index (κ2) is 7.96. The molecule has 2 aromatic carbocycles. The number of benzene rings is 2. The lowest BCUT2D eigenvalue weighted by Gasteiger charge is -2.23. The van der Waals surface area contributed by atoms with E-state index in [0.717, 1.165) is 22.9 Å². The fourth-order valence-corrected chi connectivity index (χ4v) is 3.14. The smallest absolute Gasteiger partial charge is 0.343 e. The molecule has 0 unspecified atom stereocenters. The van der Waals surface area contributed by atoms with Crippen molar-refractivity contribution in [2.24, 2.45) is 0 Å². The second-order valence-electron chi connectivity index (χ2n) is 7.39. The summed E-state index contributed by atoms with van der Waals surface area (Å²) in [6.07, 6.45) is 0. The van der Waals surface area contributed by atoms with Crippen molar-refractivity contribution in [1.29, 1.82) is 0 Å². The van der Waals surface area contributed by atoms with Crippen LogP contribution in [0.1, 0.15) is 42.3 Å². The van der Waals surface area contributed by atoms with Gasteiger partial charge in [0.2, 0.25) is 0 Å². The van der Waals surface area contributed by atoms with Crippen LogP contribution in [0.15, 0.2) is 47.4 Å². The van der Waals surface area contributed by atoms with Gasteiger partial charge in [0.1, 0.15) is 5.75 Å². The molecule has 0 saturated heterocycles. The maximum Gasteiger partial charge on any atom is 0.343 e. The SMILES string of the molecule is Cc1cc(C(C)(C)C)cc(SC(=O)N(C)C)c1OC(=O)c1ccccc1. The second-order valence-corrected chi connectivity index (χ2v) is 8.38. The number of thioether (sulfide) groups is 1. The average Bonchev–Trinajstić information content (AvgIpc) is 2.57. The largest absolute Gasteiger partial charge is 0.421 e. The van der Waals surface area contributed by atoms with Gasteiger partial charge in [0, 0.05) is 14.1 Å². The van der Waals surface area contributed by atoms with E-state index in [1.807, 2.05) is 25.1 Å². The van der Waals surface area contributed by atoms with Crippen LogP contribution in [0.25, 0.3) is 0 Å². The number of carbonyl (C=O) groups excluding carboxylic acids is 2. The van der Waals surface area contributed by atoms with Gasteiger partial charge in [-0.15, -0.1) is 0 Å². The molecular formula is C21H25NO3S. The first kappa shape index (κ1) is 20.0. The molecule has 0 atom stereocenters. The van der Waals surface area contributed by atoms with E-state index < -0.39 is 5.97 Å². The Balaban J connectivity index is 2.45. The quantitative estimate of drug-likeness (QED) is 0.418. The van der Waals surface area contributed by atoms with Gasteiger partial charge in [-0.2, -0.15) is 0 Å². The first-order chi connectivity index (χ1) is 12.1. The van der Waals surface area contributed by atoms with Crippen LogP contribution < -0.4 is 4.74 Å². The fraction of sp³-hybridized carbons (Fsp3) is 0.333. The van der Waals surface area contributed by atoms with Crippen molar-refractivity contribution in [1.82, 2.24) is 4.90 Å². The standard InChI is InChI=1S/C21H25NO3S/c1-14-12-16(21(2,3)4)13-17(26-20(24)22(5)6)18(14)25-19(23)15-10-8-7-9-11-15/h7-13H,1-6H3. The van der Waals surface area contributed by atoms with Crippen LogP contribution in [0.2, 0.25) is 0 Å². The Morgan fingerprint density at radius 3 is 2.19 bits per heavy atom. The normalized spacial score (nSPS) is 11.2. The van der Waals surface area contributed by atoms with Gasteiger partial charge in [0.25, 0.3) is 5.24 Å². The summed E-state index contributed by atoms with van der Waals surface area (Å²) in [7, 11) is 3.40. The zero-order valence-electron chi connectivity index (χ0n) is 16.1. The highest BCUT2D eigenvalue weighted by Gasteiger charge is 2.22. The van der Waals surface area contributed by atoms with Crippen molar-refractivity contribution in [3.05, 3.63) is 59.2 Å². The zero-order chi connectivity index (χ0) is 19.5. The van der Waals surface area contributed by atoms with Crippen LogP contribution in [-0.2, 0) is 5.41 Å². The van der Waals surface area contributed by atoms with Crippen LogP contribution in [0.4, 0.5) is 4.79 Å². The van der Waals surface area contributed by atoms with Crippen molar-refractivity contribution in [3.63, 3.8) is 0 Å². The highest BCUT2D eigenvalue weighted by molar-refractivity contribution is 8.13. The molecule has 2 rings (SSSR count). The van der Waals surface area contributed by atoms with E-state index in [1.54, 1.807) is 38.4 Å². The van der Waals surface area contributed by atoms with Gasteiger partial charge < -0.3 is 9.64 Å². The number of nitrogens with zero attached hydrogens (tertiary/aromatic N) is 1. The Kier molecular flexibility index (Phi) is 6.13. The van der Waals surface area contributed by atoms with Crippen molar-refractivity contribution in [3.8, 4) is 5.75 Å². The van der Waals surface area contributed by atoms with Crippen LogP contribution in [0.5, 0.6) is 5.75 Å². The first-order valence-corrected chi connectivity index (χ1v) is 9.22. The minimum Gasteiger partial charge on any atom is -0.421 e. The molecule has 0 radical (unpaired) electrons. The Labute approximate surface area is 159 Å². The summed E-state index contributed by atoms with van der Waals surface area (Å²) in [5.41, 5.74) is 2.31. The van der Waals surface area contributed by atoms with Gasteiger partial charge in [0.15, 0.2) is 0 Å². The molecule has 138 valence electrons. The van der Waals surface area contributed by atoms with E-state index in [1.165, 1.54) is 4.90 Å². The van der Waals surface area contributed by atoms with E-state index in [4.69, 9.17) is 4.74 Å². The fourth-order valence-electron chi connectivity index (χ4n) is 2.29. The summed E-state index contributed by atoms with van der Waals surface area (Å²) >= 11 is 1.07. The predicted molar refractivity (Wildman–Crippen MR) is 106 cm³/mol. The Bertz CT molecular complexity index is 808. The Morgan fingerprint density at radius 1 is 1.04 bits per heavy atom. The lowest BCUT2D eigenvalue weighted by molar-refractivity contribution is 0.0729. The number of amides is 1. The average molecular weight is 372 g/mol. The molecule has 0 bridgehead atoms. The molecule has 0 saturated carbocycles. The summed E-state index contributed by atoms with van der Waals surface area (Å²) in [5.74, 6) is 0.00316. The van der Waals surface area contributed by atoms with Crippen LogP contribution in [-0.4, -0.2) is 30.2 Å². The number of esters is 1. The molecule has 0 N–H and O–H groups in total. The minimum absolute atomic E-state index is 0.0802. The first-order valence-electron chi connectivity index (χ1n) is 8.41. The summed E-state index contributed by atoms with van der Waals surface area (Å²) in [5, 5.41) is -0.118. The third kappa shape index (κ3) is 4.88. The molecule has 2 aromatic rings. The molecule has 5 heteroatoms. The van der Waals surface area contributed by atoms with Gasteiger partial charge in [-0.05, 0) is 53.4 Å². The van der Waals surface area contributed by atoms with Crippen molar-refractivity contribution < 1.29 is 14.3 Å². The third-order valence-corrected chi connectivity index (χ3v) is 4.94. The highest BCUT2D eigenvalue weighted by atomic mass is 32.2. The summed E-state index contributed by atoms with van der Waals surface area (Å²) < 4.78 is 5.68. The summed E-state index contributed by atoms with van der Waals surface area (Å²) in [6, 6.07) is 12.8. The lowest BCUT2D eigenvalue weighted by atomic mass is 9.86. The monoisotopic (exact) mass is 371 g/mol. The van der Waals surface area contributed by atoms with Gasteiger partial charge in [0.05, 0.1) is 10.5 Å². The lowest BCUT2D eigenvalue weighted by Crippen LogP contribution is -2.18. The maximum atomic E-state index is 12.5. The number of carbonyl (C=O) groups is 2. The van der Waals surface area contributed by atoms with Crippen molar-refractivity contribution >= 4 is 23.0 Å². The predicted octanol–water partition coefficient (Wildman–Crippen LogP) is 5.29. The summed E-state index contributed by atoms with van der Waals surface area (Å²) in [6.45, 7) is 8.23. The molecule has 1 amide bonds.